The van der Waals surface area contributed by atoms with Gasteiger partial charge in [0.25, 0.3) is 0 Å². The van der Waals surface area contributed by atoms with Crippen LogP contribution in [0.15, 0.2) is 18.6 Å². The minimum Gasteiger partial charge on any atom is -0.378 e. The number of anilines is 2. The van der Waals surface area contributed by atoms with Gasteiger partial charge in [-0.15, -0.1) is 0 Å². The van der Waals surface area contributed by atoms with Crippen molar-refractivity contribution in [2.24, 2.45) is 0 Å². The van der Waals surface area contributed by atoms with E-state index in [0.29, 0.717) is 32.3 Å². The highest BCUT2D eigenvalue weighted by atomic mass is 16.5. The van der Waals surface area contributed by atoms with E-state index < -0.39 is 0 Å². The maximum absolute atomic E-state index is 13.0. The molecule has 0 spiro atoms. The minimum absolute atomic E-state index is 0.0193. The molecule has 0 atom stereocenters. The lowest BCUT2D eigenvalue weighted by Gasteiger charge is -2.30. The average molecular weight is 478 g/mol. The number of morpholine rings is 1. The van der Waals surface area contributed by atoms with Crippen molar-refractivity contribution in [3.05, 3.63) is 30.0 Å². The normalized spacial score (nSPS) is 19.1. The summed E-state index contributed by atoms with van der Waals surface area (Å²) in [6.07, 6.45) is 11.9. The first kappa shape index (κ1) is 22.0. The molecule has 2 aliphatic heterocycles. The van der Waals surface area contributed by atoms with Crippen molar-refractivity contribution in [2.45, 2.75) is 51.1 Å². The summed E-state index contributed by atoms with van der Waals surface area (Å²) >= 11 is 0. The highest BCUT2D eigenvalue weighted by molar-refractivity contribution is 5.75. The lowest BCUT2D eigenvalue weighted by atomic mass is 9.96. The molecule has 3 aromatic rings. The van der Waals surface area contributed by atoms with E-state index in [1.807, 2.05) is 11.1 Å². The molecule has 1 aliphatic carbocycles. The van der Waals surface area contributed by atoms with Crippen LogP contribution < -0.4 is 16.0 Å². The maximum Gasteiger partial charge on any atom is 0.317 e. The van der Waals surface area contributed by atoms with Crippen molar-refractivity contribution in [2.75, 3.05) is 43.5 Å². The first-order valence-electron chi connectivity index (χ1n) is 12.5. The Labute approximate surface area is 203 Å². The number of carbonyl (C=O) groups excluding carboxylic acids is 1. The van der Waals surface area contributed by atoms with Crippen molar-refractivity contribution < 1.29 is 9.53 Å². The fourth-order valence-corrected chi connectivity index (χ4v) is 5.30. The van der Waals surface area contributed by atoms with E-state index in [-0.39, 0.29) is 12.0 Å². The van der Waals surface area contributed by atoms with Gasteiger partial charge in [0.2, 0.25) is 5.95 Å². The molecule has 11 nitrogen and oxygen atoms in total. The standard InChI is InChI=1S/C24H31N9O2/c25-23-26-12-16(13-27-23)18-15-33-20-6-7-32(24(34)28-17-4-2-1-3-5-17)14-19(20)30-22(33)21(29-18)31-8-10-35-11-9-31/h12-13,15,17H,1-11,14H2,(H,28,34)(H2,25,26,27). The van der Waals surface area contributed by atoms with Gasteiger partial charge in [-0.2, -0.15) is 0 Å². The fraction of sp³-hybridized carbons (Fsp3) is 0.542. The number of nitrogens with two attached hydrogens (primary N) is 1. The fourth-order valence-electron chi connectivity index (χ4n) is 5.30. The number of hydrogen-bond acceptors (Lipinski definition) is 8. The summed E-state index contributed by atoms with van der Waals surface area (Å²) in [7, 11) is 0. The maximum atomic E-state index is 13.0. The Morgan fingerprint density at radius 2 is 1.83 bits per heavy atom. The van der Waals surface area contributed by atoms with Crippen LogP contribution in [0.2, 0.25) is 0 Å². The number of amides is 2. The van der Waals surface area contributed by atoms with E-state index in [9.17, 15) is 4.79 Å². The van der Waals surface area contributed by atoms with Gasteiger partial charge in [-0.3, -0.25) is 4.40 Å². The Morgan fingerprint density at radius 3 is 2.60 bits per heavy atom. The molecule has 0 radical (unpaired) electrons. The molecule has 11 heteroatoms. The molecule has 2 fully saturated rings. The van der Waals surface area contributed by atoms with Crippen molar-refractivity contribution in [3.63, 3.8) is 0 Å². The topological polar surface area (TPSA) is 127 Å². The van der Waals surface area contributed by atoms with Crippen LogP contribution in [-0.4, -0.2) is 74.2 Å². The summed E-state index contributed by atoms with van der Waals surface area (Å²) in [5, 5.41) is 3.25. The number of hydrogen-bond donors (Lipinski definition) is 2. The highest BCUT2D eigenvalue weighted by Crippen LogP contribution is 2.30. The summed E-state index contributed by atoms with van der Waals surface area (Å²) in [5.41, 5.74) is 10.1. The van der Waals surface area contributed by atoms with Crippen molar-refractivity contribution >= 4 is 23.4 Å². The van der Waals surface area contributed by atoms with E-state index in [1.54, 1.807) is 12.4 Å². The van der Waals surface area contributed by atoms with Crippen molar-refractivity contribution in [1.29, 1.82) is 0 Å². The summed E-state index contributed by atoms with van der Waals surface area (Å²) in [6.45, 7) is 3.96. The van der Waals surface area contributed by atoms with Crippen molar-refractivity contribution in [3.8, 4) is 11.3 Å². The summed E-state index contributed by atoms with van der Waals surface area (Å²) in [4.78, 5) is 35.4. The molecule has 3 aromatic heterocycles. The largest absolute Gasteiger partial charge is 0.378 e. The van der Waals surface area contributed by atoms with Crippen LogP contribution in [0.4, 0.5) is 16.6 Å². The van der Waals surface area contributed by atoms with Gasteiger partial charge in [0, 0.05) is 61.9 Å². The molecule has 2 amide bonds. The molecule has 1 saturated carbocycles. The third-order valence-electron chi connectivity index (χ3n) is 7.23. The van der Waals surface area contributed by atoms with Crippen LogP contribution in [0.1, 0.15) is 43.5 Å². The first-order valence-corrected chi connectivity index (χ1v) is 12.5. The first-order chi connectivity index (χ1) is 17.2. The summed E-state index contributed by atoms with van der Waals surface area (Å²) in [6, 6.07) is 0.311. The smallest absolute Gasteiger partial charge is 0.317 e. The minimum atomic E-state index is 0.0193. The van der Waals surface area contributed by atoms with E-state index in [1.165, 1.54) is 19.3 Å². The van der Waals surface area contributed by atoms with E-state index in [2.05, 4.69) is 24.6 Å². The number of nitrogen functional groups attached to an aromatic ring is 1. The van der Waals surface area contributed by atoms with Crippen LogP contribution in [-0.2, 0) is 17.7 Å². The second kappa shape index (κ2) is 9.29. The molecule has 0 bridgehead atoms. The van der Waals surface area contributed by atoms with Crippen LogP contribution in [0.5, 0.6) is 0 Å². The third kappa shape index (κ3) is 4.36. The molecular formula is C24H31N9O2. The van der Waals surface area contributed by atoms with Gasteiger partial charge in [0.05, 0.1) is 31.1 Å². The zero-order valence-electron chi connectivity index (χ0n) is 19.8. The number of nitrogens with zero attached hydrogens (tertiary/aromatic N) is 7. The Balaban J connectivity index is 1.34. The van der Waals surface area contributed by atoms with Gasteiger partial charge < -0.3 is 25.6 Å². The van der Waals surface area contributed by atoms with E-state index in [4.69, 9.17) is 20.4 Å². The number of imidazole rings is 1. The predicted octanol–water partition coefficient (Wildman–Crippen LogP) is 2.01. The molecule has 5 heterocycles. The van der Waals surface area contributed by atoms with Gasteiger partial charge in [-0.25, -0.2) is 24.7 Å². The lowest BCUT2D eigenvalue weighted by molar-refractivity contribution is 0.122. The number of ether oxygens (including phenoxy) is 1. The number of aromatic nitrogens is 5. The zero-order valence-corrected chi connectivity index (χ0v) is 19.8. The molecule has 3 N–H and O–H groups in total. The molecule has 6 rings (SSSR count). The monoisotopic (exact) mass is 477 g/mol. The van der Waals surface area contributed by atoms with Crippen LogP contribution in [0, 0.1) is 0 Å². The second-order valence-electron chi connectivity index (χ2n) is 9.53. The van der Waals surface area contributed by atoms with Crippen LogP contribution >= 0.6 is 0 Å². The van der Waals surface area contributed by atoms with Crippen LogP contribution in [0.3, 0.4) is 0 Å². The molecule has 35 heavy (non-hydrogen) atoms. The second-order valence-corrected chi connectivity index (χ2v) is 9.53. The molecule has 1 saturated heterocycles. The number of carbonyl (C=O) groups is 1. The van der Waals surface area contributed by atoms with Gasteiger partial charge in [0.15, 0.2) is 11.5 Å². The molecule has 3 aliphatic rings. The van der Waals surface area contributed by atoms with Crippen LogP contribution in [0.25, 0.3) is 16.9 Å². The SMILES string of the molecule is Nc1ncc(-c2cn3c4c(nc3c(N3CCOCC3)n2)CN(C(=O)NC2CCCCC2)CC4)cn1. The molecular weight excluding hydrogens is 446 g/mol. The number of fused-ring (bicyclic) bond motifs is 3. The average Bonchev–Trinajstić information content (AvgIpc) is 3.27. The number of nitrogens with one attached hydrogen (secondary N) is 1. The molecule has 0 unspecified atom stereocenters. The zero-order chi connectivity index (χ0) is 23.8. The molecule has 0 aromatic carbocycles. The lowest BCUT2D eigenvalue weighted by Crippen LogP contribution is -2.47. The summed E-state index contributed by atoms with van der Waals surface area (Å²) in [5.74, 6) is 1.05. The number of urea groups is 1. The Morgan fingerprint density at radius 1 is 1.06 bits per heavy atom. The summed E-state index contributed by atoms with van der Waals surface area (Å²) < 4.78 is 7.70. The van der Waals surface area contributed by atoms with Crippen molar-refractivity contribution in [1.82, 2.24) is 34.6 Å². The molecule has 184 valence electrons. The predicted molar refractivity (Wildman–Crippen MR) is 131 cm³/mol. The van der Waals surface area contributed by atoms with E-state index in [0.717, 1.165) is 66.5 Å². The highest BCUT2D eigenvalue weighted by Gasteiger charge is 2.29. The van der Waals surface area contributed by atoms with Gasteiger partial charge in [0.1, 0.15) is 0 Å². The van der Waals surface area contributed by atoms with Gasteiger partial charge in [-0.1, -0.05) is 19.3 Å². The quantitative estimate of drug-likeness (QED) is 0.587. The Kier molecular flexibility index (Phi) is 5.85. The Bertz CT molecular complexity index is 1210. The third-order valence-corrected chi connectivity index (χ3v) is 7.23. The number of rotatable bonds is 3. The van der Waals surface area contributed by atoms with Gasteiger partial charge in [-0.05, 0) is 12.8 Å². The van der Waals surface area contributed by atoms with Gasteiger partial charge >= 0.3 is 6.03 Å². The van der Waals surface area contributed by atoms with E-state index >= 15 is 0 Å². The Hall–Kier alpha value is -3.47.